The van der Waals surface area contributed by atoms with Crippen molar-refractivity contribution in [2.45, 2.75) is 65.2 Å². The molecule has 0 atom stereocenters. The largest absolute Gasteiger partial charge is 0.330 e. The Bertz CT molecular complexity index is 244. The molecular formula is C16H32N2. The van der Waals surface area contributed by atoms with E-state index in [1.165, 1.54) is 57.9 Å². The van der Waals surface area contributed by atoms with E-state index in [1.807, 2.05) is 0 Å². The minimum absolute atomic E-state index is 0.408. The molecule has 2 fully saturated rings. The fourth-order valence-electron chi connectivity index (χ4n) is 3.75. The fraction of sp³-hybridized carbons (Fsp3) is 1.00. The van der Waals surface area contributed by atoms with Crippen molar-refractivity contribution in [1.29, 1.82) is 0 Å². The summed E-state index contributed by atoms with van der Waals surface area (Å²) in [6.45, 7) is 7.97. The Balaban J connectivity index is 1.77. The first kappa shape index (κ1) is 14.3. The lowest BCUT2D eigenvalue weighted by atomic mass is 9.66. The van der Waals surface area contributed by atoms with Gasteiger partial charge >= 0.3 is 0 Å². The molecular weight excluding hydrogens is 220 g/mol. The summed E-state index contributed by atoms with van der Waals surface area (Å²) in [5.74, 6) is 0.915. The second kappa shape index (κ2) is 5.92. The van der Waals surface area contributed by atoms with Gasteiger partial charge in [0.2, 0.25) is 0 Å². The van der Waals surface area contributed by atoms with Crippen LogP contribution in [0.2, 0.25) is 0 Å². The van der Waals surface area contributed by atoms with Gasteiger partial charge in [0.1, 0.15) is 0 Å². The molecule has 0 radical (unpaired) electrons. The molecule has 2 heteroatoms. The van der Waals surface area contributed by atoms with Crippen LogP contribution in [0.25, 0.3) is 0 Å². The molecule has 18 heavy (non-hydrogen) atoms. The van der Waals surface area contributed by atoms with Gasteiger partial charge in [-0.1, -0.05) is 33.1 Å². The Morgan fingerprint density at radius 2 is 1.67 bits per heavy atom. The summed E-state index contributed by atoms with van der Waals surface area (Å²) in [7, 11) is 0. The molecule has 2 aliphatic carbocycles. The van der Waals surface area contributed by atoms with Crippen LogP contribution in [0.4, 0.5) is 0 Å². The van der Waals surface area contributed by atoms with E-state index < -0.39 is 0 Å². The molecule has 0 bridgehead atoms. The molecule has 0 aromatic carbocycles. The van der Waals surface area contributed by atoms with Crippen LogP contribution in [0.1, 0.15) is 65.2 Å². The maximum absolute atomic E-state index is 6.07. The van der Waals surface area contributed by atoms with Crippen molar-refractivity contribution in [3.05, 3.63) is 0 Å². The van der Waals surface area contributed by atoms with Crippen LogP contribution in [-0.4, -0.2) is 19.6 Å². The van der Waals surface area contributed by atoms with E-state index in [0.717, 1.165) is 19.0 Å². The Morgan fingerprint density at radius 1 is 1.06 bits per heavy atom. The monoisotopic (exact) mass is 252 g/mol. The summed E-state index contributed by atoms with van der Waals surface area (Å²) in [4.78, 5) is 0. The Labute approximate surface area is 113 Å². The standard InChI is InChI=1S/C16H32N2/c1-3-15(7-4-8-15)12-18-13-16(11-17)9-5-14(2)6-10-16/h14,18H,3-13,17H2,1-2H3. The van der Waals surface area contributed by atoms with Crippen molar-refractivity contribution in [3.8, 4) is 0 Å². The molecule has 2 saturated carbocycles. The van der Waals surface area contributed by atoms with Gasteiger partial charge in [-0.25, -0.2) is 0 Å². The van der Waals surface area contributed by atoms with E-state index in [-0.39, 0.29) is 0 Å². The van der Waals surface area contributed by atoms with Gasteiger partial charge in [-0.15, -0.1) is 0 Å². The van der Waals surface area contributed by atoms with Crippen LogP contribution in [-0.2, 0) is 0 Å². The number of nitrogens with two attached hydrogens (primary N) is 1. The molecule has 0 saturated heterocycles. The summed E-state index contributed by atoms with van der Waals surface area (Å²) >= 11 is 0. The average Bonchev–Trinajstić information content (AvgIpc) is 2.35. The summed E-state index contributed by atoms with van der Waals surface area (Å²) in [5.41, 5.74) is 7.12. The van der Waals surface area contributed by atoms with Crippen molar-refractivity contribution in [2.75, 3.05) is 19.6 Å². The highest BCUT2D eigenvalue weighted by Gasteiger charge is 2.37. The highest BCUT2D eigenvalue weighted by Crippen LogP contribution is 2.43. The Hall–Kier alpha value is -0.0800. The van der Waals surface area contributed by atoms with Gasteiger partial charge < -0.3 is 11.1 Å². The molecule has 2 nitrogen and oxygen atoms in total. The molecule has 0 spiro atoms. The molecule has 0 aromatic rings. The SMILES string of the molecule is CCC1(CNCC2(CN)CCC(C)CC2)CCC1. The highest BCUT2D eigenvalue weighted by molar-refractivity contribution is 4.91. The highest BCUT2D eigenvalue weighted by atomic mass is 14.9. The first-order valence-electron chi connectivity index (χ1n) is 8.04. The molecule has 106 valence electrons. The Kier molecular flexibility index (Phi) is 4.71. The van der Waals surface area contributed by atoms with E-state index in [4.69, 9.17) is 5.73 Å². The fourth-order valence-corrected chi connectivity index (χ4v) is 3.75. The Morgan fingerprint density at radius 3 is 2.11 bits per heavy atom. The molecule has 0 aliphatic heterocycles. The van der Waals surface area contributed by atoms with Crippen LogP contribution in [0.15, 0.2) is 0 Å². The first-order valence-corrected chi connectivity index (χ1v) is 8.04. The number of hydrogen-bond donors (Lipinski definition) is 2. The summed E-state index contributed by atoms with van der Waals surface area (Å²) in [6, 6.07) is 0. The van der Waals surface area contributed by atoms with Gasteiger partial charge in [-0.3, -0.25) is 0 Å². The van der Waals surface area contributed by atoms with Gasteiger partial charge in [0.25, 0.3) is 0 Å². The molecule has 2 rings (SSSR count). The predicted octanol–water partition coefficient (Wildman–Crippen LogP) is 3.31. The van der Waals surface area contributed by atoms with Crippen LogP contribution in [0.3, 0.4) is 0 Å². The zero-order chi connectivity index (χ0) is 13.1. The minimum atomic E-state index is 0.408. The predicted molar refractivity (Wildman–Crippen MR) is 78.6 cm³/mol. The van der Waals surface area contributed by atoms with Crippen molar-refractivity contribution in [1.82, 2.24) is 5.32 Å². The molecule has 2 aliphatic rings. The first-order chi connectivity index (χ1) is 8.64. The third-order valence-electron chi connectivity index (χ3n) is 5.93. The van der Waals surface area contributed by atoms with Gasteiger partial charge in [-0.2, -0.15) is 0 Å². The van der Waals surface area contributed by atoms with Crippen molar-refractivity contribution in [3.63, 3.8) is 0 Å². The van der Waals surface area contributed by atoms with E-state index >= 15 is 0 Å². The van der Waals surface area contributed by atoms with E-state index in [9.17, 15) is 0 Å². The van der Waals surface area contributed by atoms with Gasteiger partial charge in [-0.05, 0) is 55.4 Å². The zero-order valence-electron chi connectivity index (χ0n) is 12.4. The van der Waals surface area contributed by atoms with Crippen molar-refractivity contribution < 1.29 is 0 Å². The third kappa shape index (κ3) is 3.08. The van der Waals surface area contributed by atoms with Crippen molar-refractivity contribution >= 4 is 0 Å². The second-order valence-corrected chi connectivity index (χ2v) is 7.20. The van der Waals surface area contributed by atoms with Gasteiger partial charge in [0, 0.05) is 13.1 Å². The molecule has 0 unspecified atom stereocenters. The maximum atomic E-state index is 6.07. The van der Waals surface area contributed by atoms with E-state index in [1.54, 1.807) is 0 Å². The lowest BCUT2D eigenvalue weighted by Crippen LogP contribution is -2.47. The lowest BCUT2D eigenvalue weighted by molar-refractivity contribution is 0.104. The quantitative estimate of drug-likeness (QED) is 0.761. The molecule has 0 amide bonds. The minimum Gasteiger partial charge on any atom is -0.330 e. The normalized spacial score (nSPS) is 35.2. The second-order valence-electron chi connectivity index (χ2n) is 7.20. The average molecular weight is 252 g/mol. The lowest BCUT2D eigenvalue weighted by Gasteiger charge is -2.44. The molecule has 3 N–H and O–H groups in total. The van der Waals surface area contributed by atoms with Gasteiger partial charge in [0.05, 0.1) is 0 Å². The van der Waals surface area contributed by atoms with Crippen molar-refractivity contribution in [2.24, 2.45) is 22.5 Å². The number of nitrogens with one attached hydrogen (secondary N) is 1. The van der Waals surface area contributed by atoms with Crippen LogP contribution in [0.5, 0.6) is 0 Å². The summed E-state index contributed by atoms with van der Waals surface area (Å²) < 4.78 is 0. The zero-order valence-corrected chi connectivity index (χ0v) is 12.4. The van der Waals surface area contributed by atoms with Crippen LogP contribution >= 0.6 is 0 Å². The smallest absolute Gasteiger partial charge is 0.00201 e. The summed E-state index contributed by atoms with van der Waals surface area (Å²) in [6.07, 6.45) is 11.1. The topological polar surface area (TPSA) is 38.0 Å². The van der Waals surface area contributed by atoms with Gasteiger partial charge in [0.15, 0.2) is 0 Å². The maximum Gasteiger partial charge on any atom is 0.00201 e. The van der Waals surface area contributed by atoms with E-state index in [0.29, 0.717) is 10.8 Å². The summed E-state index contributed by atoms with van der Waals surface area (Å²) in [5, 5.41) is 3.78. The number of rotatable bonds is 6. The number of hydrogen-bond acceptors (Lipinski definition) is 2. The molecule has 0 aromatic heterocycles. The van der Waals surface area contributed by atoms with Crippen LogP contribution < -0.4 is 11.1 Å². The third-order valence-corrected chi connectivity index (χ3v) is 5.93. The molecule has 0 heterocycles. The van der Waals surface area contributed by atoms with Crippen LogP contribution in [0, 0.1) is 16.7 Å². The van der Waals surface area contributed by atoms with E-state index in [2.05, 4.69) is 19.2 Å².